The third kappa shape index (κ3) is 3.34. The number of benzene rings is 1. The molecule has 0 saturated heterocycles. The van der Waals surface area contributed by atoms with E-state index in [1.165, 1.54) is 11.8 Å². The Hall–Kier alpha value is -2.87. The lowest BCUT2D eigenvalue weighted by molar-refractivity contribution is 0.464. The number of aromatic nitrogens is 4. The van der Waals surface area contributed by atoms with Crippen LogP contribution in [0.4, 0.5) is 0 Å². The van der Waals surface area contributed by atoms with Crippen LogP contribution >= 0.6 is 11.8 Å². The molecule has 0 spiro atoms. The van der Waals surface area contributed by atoms with Crippen LogP contribution in [0, 0.1) is 13.8 Å². The second kappa shape index (κ2) is 6.56. The molecule has 8 heteroatoms. The van der Waals surface area contributed by atoms with E-state index in [2.05, 4.69) is 20.4 Å². The number of thioether (sulfide) groups is 1. The number of rotatable bonds is 5. The van der Waals surface area contributed by atoms with Crippen LogP contribution in [0.15, 0.2) is 54.9 Å². The maximum Gasteiger partial charge on any atom is 0.277 e. The first-order valence-corrected chi connectivity index (χ1v) is 8.59. The van der Waals surface area contributed by atoms with Crippen LogP contribution in [0.2, 0.25) is 0 Å². The molecule has 7 nitrogen and oxygen atoms in total. The highest BCUT2D eigenvalue weighted by molar-refractivity contribution is 7.98. The molecule has 0 atom stereocenters. The normalized spacial score (nSPS) is 11.1. The fourth-order valence-electron chi connectivity index (χ4n) is 2.35. The lowest BCUT2D eigenvalue weighted by Gasteiger charge is -1.93. The summed E-state index contributed by atoms with van der Waals surface area (Å²) in [6, 6.07) is 11.5. The average Bonchev–Trinajstić information content (AvgIpc) is 3.33. The van der Waals surface area contributed by atoms with Crippen molar-refractivity contribution in [2.45, 2.75) is 24.8 Å². The molecular weight excluding hydrogens is 340 g/mol. The molecule has 0 amide bonds. The van der Waals surface area contributed by atoms with Crippen molar-refractivity contribution < 1.29 is 13.3 Å². The second-order valence-electron chi connectivity index (χ2n) is 5.36. The van der Waals surface area contributed by atoms with Gasteiger partial charge in [-0.1, -0.05) is 30.0 Å². The van der Waals surface area contributed by atoms with Gasteiger partial charge in [0.05, 0.1) is 11.3 Å². The van der Waals surface area contributed by atoms with E-state index in [1.54, 1.807) is 0 Å². The van der Waals surface area contributed by atoms with Crippen molar-refractivity contribution in [3.05, 3.63) is 53.8 Å². The molecule has 3 aromatic heterocycles. The van der Waals surface area contributed by atoms with E-state index in [0.29, 0.717) is 28.6 Å². The van der Waals surface area contributed by atoms with E-state index in [0.717, 1.165) is 22.6 Å². The van der Waals surface area contributed by atoms with Crippen molar-refractivity contribution in [2.75, 3.05) is 0 Å². The van der Waals surface area contributed by atoms with Crippen molar-refractivity contribution in [1.82, 2.24) is 20.4 Å². The Labute approximate surface area is 147 Å². The zero-order valence-corrected chi connectivity index (χ0v) is 14.4. The van der Waals surface area contributed by atoms with Gasteiger partial charge in [-0.3, -0.25) is 0 Å². The Morgan fingerprint density at radius 2 is 1.68 bits per heavy atom. The van der Waals surface area contributed by atoms with Crippen molar-refractivity contribution >= 4 is 11.8 Å². The molecule has 0 saturated carbocycles. The molecule has 4 aromatic rings. The smallest absolute Gasteiger partial charge is 0.277 e. The van der Waals surface area contributed by atoms with Crippen molar-refractivity contribution in [3.8, 4) is 22.9 Å². The van der Waals surface area contributed by atoms with E-state index in [-0.39, 0.29) is 0 Å². The molecule has 0 unspecified atom stereocenters. The summed E-state index contributed by atoms with van der Waals surface area (Å²) in [5.41, 5.74) is 1.69. The predicted octanol–water partition coefficient (Wildman–Crippen LogP) is 4.29. The summed E-state index contributed by atoms with van der Waals surface area (Å²) in [5.74, 6) is 3.42. The van der Waals surface area contributed by atoms with Gasteiger partial charge in [-0.05, 0) is 32.0 Å². The van der Waals surface area contributed by atoms with Gasteiger partial charge in [-0.2, -0.15) is 0 Å². The topological polar surface area (TPSA) is 91.0 Å². The molecular formula is C17H14N4O3S. The molecule has 25 heavy (non-hydrogen) atoms. The Morgan fingerprint density at radius 3 is 2.44 bits per heavy atom. The Morgan fingerprint density at radius 1 is 0.880 bits per heavy atom. The largest absolute Gasteiger partial charge is 0.466 e. The fraction of sp³-hybridized carbons (Fsp3) is 0.176. The summed E-state index contributed by atoms with van der Waals surface area (Å²) in [5, 5.41) is 16.7. The molecule has 0 N–H and O–H groups in total. The lowest BCUT2D eigenvalue weighted by atomic mass is 10.2. The Kier molecular flexibility index (Phi) is 4.10. The predicted molar refractivity (Wildman–Crippen MR) is 90.8 cm³/mol. The highest BCUT2D eigenvalue weighted by atomic mass is 32.2. The van der Waals surface area contributed by atoms with Crippen LogP contribution in [-0.4, -0.2) is 20.4 Å². The maximum atomic E-state index is 5.68. The summed E-state index contributed by atoms with van der Waals surface area (Å²) in [7, 11) is 0. The molecule has 0 bridgehead atoms. The van der Waals surface area contributed by atoms with Crippen LogP contribution in [0.5, 0.6) is 0 Å². The first-order valence-electron chi connectivity index (χ1n) is 7.60. The fourth-order valence-corrected chi connectivity index (χ4v) is 2.95. The third-order valence-corrected chi connectivity index (χ3v) is 4.29. The van der Waals surface area contributed by atoms with Gasteiger partial charge in [0.2, 0.25) is 11.8 Å². The lowest BCUT2D eigenvalue weighted by Crippen LogP contribution is -1.80. The summed E-state index contributed by atoms with van der Waals surface area (Å²) >= 11 is 1.35. The van der Waals surface area contributed by atoms with E-state index in [4.69, 9.17) is 13.3 Å². The Bertz CT molecular complexity index is 990. The highest BCUT2D eigenvalue weighted by Gasteiger charge is 2.16. The minimum atomic E-state index is 0.444. The molecule has 126 valence electrons. The van der Waals surface area contributed by atoms with Crippen LogP contribution in [0.3, 0.4) is 0 Å². The molecule has 3 heterocycles. The number of hydrogen-bond donors (Lipinski definition) is 0. The van der Waals surface area contributed by atoms with Gasteiger partial charge >= 0.3 is 0 Å². The highest BCUT2D eigenvalue weighted by Crippen LogP contribution is 2.28. The zero-order chi connectivity index (χ0) is 17.2. The van der Waals surface area contributed by atoms with Crippen LogP contribution in [0.1, 0.15) is 17.4 Å². The quantitative estimate of drug-likeness (QED) is 0.490. The van der Waals surface area contributed by atoms with Gasteiger partial charge in [0.1, 0.15) is 11.5 Å². The van der Waals surface area contributed by atoms with Gasteiger partial charge in [0.25, 0.3) is 11.1 Å². The van der Waals surface area contributed by atoms with Crippen LogP contribution in [-0.2, 0) is 5.75 Å². The molecule has 0 radical (unpaired) electrons. The van der Waals surface area contributed by atoms with E-state index in [9.17, 15) is 0 Å². The van der Waals surface area contributed by atoms with Crippen LogP contribution < -0.4 is 0 Å². The van der Waals surface area contributed by atoms with Gasteiger partial charge in [0, 0.05) is 5.56 Å². The molecule has 4 rings (SSSR count). The van der Waals surface area contributed by atoms with E-state index >= 15 is 0 Å². The molecule has 0 fully saturated rings. The van der Waals surface area contributed by atoms with Gasteiger partial charge in [-0.25, -0.2) is 0 Å². The van der Waals surface area contributed by atoms with Gasteiger partial charge in [0.15, 0.2) is 0 Å². The maximum absolute atomic E-state index is 5.68. The minimum Gasteiger partial charge on any atom is -0.466 e. The van der Waals surface area contributed by atoms with Crippen molar-refractivity contribution in [1.29, 1.82) is 0 Å². The summed E-state index contributed by atoms with van der Waals surface area (Å²) < 4.78 is 16.8. The number of aryl methyl sites for hydroxylation is 2. The van der Waals surface area contributed by atoms with Crippen molar-refractivity contribution in [2.24, 2.45) is 0 Å². The number of nitrogens with zero attached hydrogens (tertiary/aromatic N) is 4. The summed E-state index contributed by atoms with van der Waals surface area (Å²) in [6.45, 7) is 3.74. The average molecular weight is 354 g/mol. The molecule has 0 aliphatic heterocycles. The third-order valence-electron chi connectivity index (χ3n) is 3.48. The Balaban J connectivity index is 1.44. The van der Waals surface area contributed by atoms with E-state index in [1.807, 2.05) is 50.2 Å². The van der Waals surface area contributed by atoms with Gasteiger partial charge < -0.3 is 13.3 Å². The van der Waals surface area contributed by atoms with Crippen molar-refractivity contribution in [3.63, 3.8) is 0 Å². The second-order valence-corrected chi connectivity index (χ2v) is 6.28. The zero-order valence-electron chi connectivity index (χ0n) is 13.6. The molecule has 0 aliphatic rings. The van der Waals surface area contributed by atoms with Gasteiger partial charge in [-0.15, -0.1) is 20.4 Å². The first-order chi connectivity index (χ1) is 12.2. The summed E-state index contributed by atoms with van der Waals surface area (Å²) in [6.07, 6.45) is 0. The SMILES string of the molecule is Cc1cc(-c2nnc(CSc3nnc(-c4ccccc4)o3)o2)c(C)o1. The molecule has 1 aromatic carbocycles. The first kappa shape index (κ1) is 15.6. The number of hydrogen-bond acceptors (Lipinski definition) is 8. The standard InChI is InChI=1S/C17H14N4O3S/c1-10-8-13(11(2)22-10)16-20-18-14(23-16)9-25-17-21-19-15(24-17)12-6-4-3-5-7-12/h3-8H,9H2,1-2H3. The molecule has 0 aliphatic carbocycles. The van der Waals surface area contributed by atoms with E-state index < -0.39 is 0 Å². The minimum absolute atomic E-state index is 0.444. The summed E-state index contributed by atoms with van der Waals surface area (Å²) in [4.78, 5) is 0. The number of furan rings is 1. The van der Waals surface area contributed by atoms with Crippen LogP contribution in [0.25, 0.3) is 22.9 Å². The monoisotopic (exact) mass is 354 g/mol.